The summed E-state index contributed by atoms with van der Waals surface area (Å²) in [4.78, 5) is 13.9. The Labute approximate surface area is 112 Å². The lowest BCUT2D eigenvalue weighted by Gasteiger charge is -2.21. The van der Waals surface area contributed by atoms with Crippen LogP contribution in [0.5, 0.6) is 0 Å². The molecule has 1 amide bonds. The third kappa shape index (κ3) is 3.48. The van der Waals surface area contributed by atoms with Gasteiger partial charge in [-0.15, -0.1) is 6.58 Å². The molecule has 0 heterocycles. The molecule has 0 unspecified atom stereocenters. The van der Waals surface area contributed by atoms with Crippen molar-refractivity contribution < 1.29 is 9.53 Å². The number of hydrogen-bond donors (Lipinski definition) is 1. The van der Waals surface area contributed by atoms with Crippen molar-refractivity contribution in [2.45, 2.75) is 0 Å². The van der Waals surface area contributed by atoms with Crippen molar-refractivity contribution in [3.05, 3.63) is 41.4 Å². The Kier molecular flexibility index (Phi) is 5.68. The standard InChI is InChI=1S/C13H17ClN2O2/c1-3-7-16(8-9-18-2)13(17)10-5-4-6-11(14)12(10)15/h3-6H,1,7-9,15H2,2H3. The molecule has 0 spiro atoms. The van der Waals surface area contributed by atoms with E-state index in [4.69, 9.17) is 22.1 Å². The summed E-state index contributed by atoms with van der Waals surface area (Å²) in [6, 6.07) is 5.02. The van der Waals surface area contributed by atoms with Crippen molar-refractivity contribution in [1.82, 2.24) is 4.90 Å². The van der Waals surface area contributed by atoms with E-state index in [1.807, 2.05) is 0 Å². The van der Waals surface area contributed by atoms with E-state index in [0.29, 0.717) is 36.0 Å². The zero-order chi connectivity index (χ0) is 13.5. The molecule has 0 atom stereocenters. The monoisotopic (exact) mass is 268 g/mol. The van der Waals surface area contributed by atoms with Crippen LogP contribution in [0.2, 0.25) is 5.02 Å². The summed E-state index contributed by atoms with van der Waals surface area (Å²) in [6.07, 6.45) is 1.66. The second-order valence-electron chi connectivity index (χ2n) is 3.73. The maximum atomic E-state index is 12.3. The molecule has 18 heavy (non-hydrogen) atoms. The first-order valence-electron chi connectivity index (χ1n) is 5.55. The van der Waals surface area contributed by atoms with Gasteiger partial charge in [0.25, 0.3) is 5.91 Å². The molecule has 1 aromatic rings. The van der Waals surface area contributed by atoms with E-state index < -0.39 is 0 Å². The molecule has 0 aliphatic rings. The van der Waals surface area contributed by atoms with E-state index in [2.05, 4.69) is 6.58 Å². The summed E-state index contributed by atoms with van der Waals surface area (Å²) in [5.74, 6) is -0.174. The topological polar surface area (TPSA) is 55.6 Å². The number of benzene rings is 1. The molecule has 0 radical (unpaired) electrons. The second-order valence-corrected chi connectivity index (χ2v) is 4.14. The molecule has 0 saturated carbocycles. The zero-order valence-corrected chi connectivity index (χ0v) is 11.1. The van der Waals surface area contributed by atoms with Crippen molar-refractivity contribution in [3.8, 4) is 0 Å². The Morgan fingerprint density at radius 3 is 2.94 bits per heavy atom. The molecule has 4 nitrogen and oxygen atoms in total. The number of methoxy groups -OCH3 is 1. The van der Waals surface area contributed by atoms with Crippen LogP contribution in [0.25, 0.3) is 0 Å². The summed E-state index contributed by atoms with van der Waals surface area (Å²) in [5.41, 5.74) is 6.51. The number of nitrogens with zero attached hydrogens (tertiary/aromatic N) is 1. The van der Waals surface area contributed by atoms with Crippen molar-refractivity contribution >= 4 is 23.2 Å². The van der Waals surface area contributed by atoms with Gasteiger partial charge >= 0.3 is 0 Å². The van der Waals surface area contributed by atoms with E-state index in [1.165, 1.54) is 0 Å². The lowest BCUT2D eigenvalue weighted by Crippen LogP contribution is -2.34. The molecule has 0 aliphatic heterocycles. The largest absolute Gasteiger partial charge is 0.397 e. The van der Waals surface area contributed by atoms with Crippen molar-refractivity contribution in [1.29, 1.82) is 0 Å². The van der Waals surface area contributed by atoms with Crippen LogP contribution in [0, 0.1) is 0 Å². The van der Waals surface area contributed by atoms with Crippen LogP contribution in [0.15, 0.2) is 30.9 Å². The van der Waals surface area contributed by atoms with Crippen molar-refractivity contribution in [3.63, 3.8) is 0 Å². The van der Waals surface area contributed by atoms with E-state index in [1.54, 1.807) is 36.3 Å². The van der Waals surface area contributed by atoms with Crippen LogP contribution in [-0.2, 0) is 4.74 Å². The summed E-state index contributed by atoms with van der Waals surface area (Å²) >= 11 is 5.90. The van der Waals surface area contributed by atoms with E-state index >= 15 is 0 Å². The third-order valence-electron chi connectivity index (χ3n) is 2.49. The smallest absolute Gasteiger partial charge is 0.256 e. The van der Waals surface area contributed by atoms with Gasteiger partial charge in [-0.05, 0) is 12.1 Å². The molecule has 0 aliphatic carbocycles. The number of carbonyl (C=O) groups is 1. The predicted octanol–water partition coefficient (Wildman–Crippen LogP) is 2.20. The number of nitrogen functional groups attached to an aromatic ring is 1. The first-order valence-corrected chi connectivity index (χ1v) is 5.92. The van der Waals surface area contributed by atoms with Crippen LogP contribution < -0.4 is 5.73 Å². The Morgan fingerprint density at radius 2 is 2.33 bits per heavy atom. The van der Waals surface area contributed by atoms with E-state index in [0.717, 1.165) is 0 Å². The molecule has 0 bridgehead atoms. The highest BCUT2D eigenvalue weighted by Gasteiger charge is 2.17. The number of carbonyl (C=O) groups excluding carboxylic acids is 1. The molecule has 2 N–H and O–H groups in total. The minimum Gasteiger partial charge on any atom is -0.397 e. The highest BCUT2D eigenvalue weighted by Crippen LogP contribution is 2.23. The Bertz CT molecular complexity index is 435. The van der Waals surface area contributed by atoms with Gasteiger partial charge in [0.15, 0.2) is 0 Å². The summed E-state index contributed by atoms with van der Waals surface area (Å²) in [5, 5.41) is 0.381. The van der Waals surface area contributed by atoms with Gasteiger partial charge in [-0.25, -0.2) is 0 Å². The number of hydrogen-bond acceptors (Lipinski definition) is 3. The first kappa shape index (κ1) is 14.5. The number of halogens is 1. The maximum absolute atomic E-state index is 12.3. The average molecular weight is 269 g/mol. The maximum Gasteiger partial charge on any atom is 0.256 e. The van der Waals surface area contributed by atoms with Crippen molar-refractivity contribution in [2.75, 3.05) is 32.5 Å². The highest BCUT2D eigenvalue weighted by atomic mass is 35.5. The SMILES string of the molecule is C=CCN(CCOC)C(=O)c1cccc(Cl)c1N. The fourth-order valence-electron chi connectivity index (χ4n) is 1.53. The third-order valence-corrected chi connectivity index (χ3v) is 2.81. The zero-order valence-electron chi connectivity index (χ0n) is 10.4. The van der Waals surface area contributed by atoms with Crippen LogP contribution in [-0.4, -0.2) is 37.6 Å². The predicted molar refractivity (Wildman–Crippen MR) is 73.8 cm³/mol. The van der Waals surface area contributed by atoms with Crippen LogP contribution in [0.4, 0.5) is 5.69 Å². The van der Waals surface area contributed by atoms with Gasteiger partial charge in [0, 0.05) is 20.2 Å². The molecule has 98 valence electrons. The summed E-state index contributed by atoms with van der Waals surface area (Å²) in [6.45, 7) is 5.01. The molecule has 5 heteroatoms. The summed E-state index contributed by atoms with van der Waals surface area (Å²) < 4.78 is 4.97. The van der Waals surface area contributed by atoms with E-state index in [9.17, 15) is 4.79 Å². The summed E-state index contributed by atoms with van der Waals surface area (Å²) in [7, 11) is 1.59. The van der Waals surface area contributed by atoms with Gasteiger partial charge in [-0.2, -0.15) is 0 Å². The molecular weight excluding hydrogens is 252 g/mol. The molecule has 1 aromatic carbocycles. The van der Waals surface area contributed by atoms with Gasteiger partial charge in [-0.1, -0.05) is 23.7 Å². The molecule has 1 rings (SSSR count). The molecule has 0 aromatic heterocycles. The first-order chi connectivity index (χ1) is 8.61. The Balaban J connectivity index is 2.94. The Morgan fingerprint density at radius 1 is 1.61 bits per heavy atom. The number of rotatable bonds is 6. The average Bonchev–Trinajstić information content (AvgIpc) is 2.37. The molecule has 0 saturated heterocycles. The fourth-order valence-corrected chi connectivity index (χ4v) is 1.70. The van der Waals surface area contributed by atoms with Gasteiger partial charge in [0.1, 0.15) is 0 Å². The number of nitrogens with two attached hydrogens (primary N) is 1. The van der Waals surface area contributed by atoms with Crippen LogP contribution >= 0.6 is 11.6 Å². The van der Waals surface area contributed by atoms with Crippen LogP contribution in [0.3, 0.4) is 0 Å². The van der Waals surface area contributed by atoms with E-state index in [-0.39, 0.29) is 5.91 Å². The lowest BCUT2D eigenvalue weighted by atomic mass is 10.1. The number of amides is 1. The normalized spacial score (nSPS) is 10.1. The Hall–Kier alpha value is -1.52. The minimum absolute atomic E-state index is 0.174. The highest BCUT2D eigenvalue weighted by molar-refractivity contribution is 6.33. The van der Waals surface area contributed by atoms with Crippen molar-refractivity contribution in [2.24, 2.45) is 0 Å². The molecule has 0 fully saturated rings. The second kappa shape index (κ2) is 7.03. The number of anilines is 1. The number of para-hydroxylation sites is 1. The minimum atomic E-state index is -0.174. The quantitative estimate of drug-likeness (QED) is 0.636. The van der Waals surface area contributed by atoms with Gasteiger partial charge in [0.05, 0.1) is 22.9 Å². The van der Waals surface area contributed by atoms with Gasteiger partial charge < -0.3 is 15.4 Å². The van der Waals surface area contributed by atoms with Gasteiger partial charge in [0.2, 0.25) is 0 Å². The lowest BCUT2D eigenvalue weighted by molar-refractivity contribution is 0.0719. The number of ether oxygens (including phenoxy) is 1. The fraction of sp³-hybridized carbons (Fsp3) is 0.308. The molecular formula is C13H17ClN2O2. The van der Waals surface area contributed by atoms with Gasteiger partial charge in [-0.3, -0.25) is 4.79 Å². The van der Waals surface area contributed by atoms with Crippen LogP contribution in [0.1, 0.15) is 10.4 Å².